The molecular formula is C15H22F2N2O. The molecule has 0 bridgehead atoms. The van der Waals surface area contributed by atoms with Gasteiger partial charge in [0.05, 0.1) is 6.04 Å². The fourth-order valence-electron chi connectivity index (χ4n) is 2.66. The summed E-state index contributed by atoms with van der Waals surface area (Å²) in [4.78, 5) is 2.33. The summed E-state index contributed by atoms with van der Waals surface area (Å²) in [5.41, 5.74) is 6.68. The average molecular weight is 284 g/mol. The molecule has 20 heavy (non-hydrogen) atoms. The third-order valence-electron chi connectivity index (χ3n) is 3.62. The van der Waals surface area contributed by atoms with E-state index in [2.05, 4.69) is 16.6 Å². The summed E-state index contributed by atoms with van der Waals surface area (Å²) >= 11 is 0. The number of hydrogen-bond donors (Lipinski definition) is 1. The smallest absolute Gasteiger partial charge is 0.387 e. The Morgan fingerprint density at radius 3 is 2.60 bits per heavy atom. The van der Waals surface area contributed by atoms with Crippen molar-refractivity contribution >= 4 is 0 Å². The Morgan fingerprint density at radius 1 is 1.35 bits per heavy atom. The minimum absolute atomic E-state index is 0.0580. The Labute approximate surface area is 118 Å². The summed E-state index contributed by atoms with van der Waals surface area (Å²) in [6.45, 7) is 0.635. The molecule has 0 saturated heterocycles. The van der Waals surface area contributed by atoms with Gasteiger partial charge in [-0.05, 0) is 31.9 Å². The molecule has 1 fully saturated rings. The highest BCUT2D eigenvalue weighted by Gasteiger charge is 2.34. The molecule has 5 heteroatoms. The third kappa shape index (κ3) is 3.67. The van der Waals surface area contributed by atoms with Gasteiger partial charge in [-0.15, -0.1) is 0 Å². The van der Waals surface area contributed by atoms with Crippen LogP contribution in [0.3, 0.4) is 0 Å². The van der Waals surface area contributed by atoms with Gasteiger partial charge >= 0.3 is 6.61 Å². The first-order valence-corrected chi connectivity index (χ1v) is 7.17. The van der Waals surface area contributed by atoms with E-state index in [1.807, 2.05) is 12.1 Å². The molecule has 2 N–H and O–H groups in total. The fraction of sp³-hybridized carbons (Fsp3) is 0.600. The molecule has 0 heterocycles. The molecule has 1 aliphatic carbocycles. The van der Waals surface area contributed by atoms with E-state index in [4.69, 9.17) is 5.73 Å². The van der Waals surface area contributed by atoms with Crippen LogP contribution < -0.4 is 10.5 Å². The maximum atomic E-state index is 12.5. The van der Waals surface area contributed by atoms with Crippen LogP contribution in [0.5, 0.6) is 5.75 Å². The maximum Gasteiger partial charge on any atom is 0.387 e. The van der Waals surface area contributed by atoms with Crippen molar-refractivity contribution in [3.8, 4) is 5.75 Å². The number of nitrogens with zero attached hydrogens (tertiary/aromatic N) is 1. The van der Waals surface area contributed by atoms with Gasteiger partial charge in [-0.3, -0.25) is 4.90 Å². The van der Waals surface area contributed by atoms with E-state index in [-0.39, 0.29) is 11.8 Å². The molecule has 3 nitrogen and oxygen atoms in total. The van der Waals surface area contributed by atoms with Crippen molar-refractivity contribution in [2.75, 3.05) is 13.1 Å². The Kier molecular flexibility index (Phi) is 5.31. The first-order chi connectivity index (χ1) is 9.67. The van der Waals surface area contributed by atoms with Gasteiger partial charge in [-0.1, -0.05) is 25.1 Å². The molecular weight excluding hydrogens is 262 g/mol. The molecule has 0 aromatic heterocycles. The quantitative estimate of drug-likeness (QED) is 0.797. The lowest BCUT2D eigenvalue weighted by Gasteiger charge is -2.32. The average Bonchev–Trinajstić information content (AvgIpc) is 3.24. The second kappa shape index (κ2) is 6.99. The van der Waals surface area contributed by atoms with Crippen LogP contribution in [0.1, 0.15) is 37.8 Å². The number of nitrogens with two attached hydrogens (primary N) is 1. The lowest BCUT2D eigenvalue weighted by Crippen LogP contribution is -2.36. The van der Waals surface area contributed by atoms with Crippen LogP contribution in [-0.4, -0.2) is 30.6 Å². The highest BCUT2D eigenvalue weighted by Crippen LogP contribution is 2.37. The maximum absolute atomic E-state index is 12.5. The van der Waals surface area contributed by atoms with E-state index in [0.29, 0.717) is 12.6 Å². The first-order valence-electron chi connectivity index (χ1n) is 7.17. The number of ether oxygens (including phenoxy) is 1. The van der Waals surface area contributed by atoms with Crippen molar-refractivity contribution in [2.24, 2.45) is 5.73 Å². The van der Waals surface area contributed by atoms with E-state index < -0.39 is 6.61 Å². The number of alkyl halides is 2. The first kappa shape index (κ1) is 15.2. The van der Waals surface area contributed by atoms with Gasteiger partial charge in [0.2, 0.25) is 0 Å². The van der Waals surface area contributed by atoms with Crippen LogP contribution in [0.2, 0.25) is 0 Å². The summed E-state index contributed by atoms with van der Waals surface area (Å²) in [5.74, 6) is 0.236. The minimum Gasteiger partial charge on any atom is -0.434 e. The minimum atomic E-state index is -2.81. The van der Waals surface area contributed by atoms with Gasteiger partial charge in [0.15, 0.2) is 0 Å². The summed E-state index contributed by atoms with van der Waals surface area (Å²) in [5, 5.41) is 0. The second-order valence-corrected chi connectivity index (χ2v) is 5.14. The lowest BCUT2D eigenvalue weighted by molar-refractivity contribution is -0.0512. The highest BCUT2D eigenvalue weighted by molar-refractivity contribution is 5.36. The molecule has 1 aromatic carbocycles. The van der Waals surface area contributed by atoms with E-state index in [0.717, 1.165) is 31.4 Å². The highest BCUT2D eigenvalue weighted by atomic mass is 19.3. The predicted octanol–water partition coefficient (Wildman–Crippen LogP) is 3.16. The number of hydrogen-bond acceptors (Lipinski definition) is 3. The van der Waals surface area contributed by atoms with Crippen LogP contribution in [0.25, 0.3) is 0 Å². The fourth-order valence-corrected chi connectivity index (χ4v) is 2.66. The monoisotopic (exact) mass is 284 g/mol. The van der Waals surface area contributed by atoms with Crippen molar-refractivity contribution in [1.29, 1.82) is 0 Å². The van der Waals surface area contributed by atoms with Crippen LogP contribution >= 0.6 is 0 Å². The number of para-hydroxylation sites is 1. The van der Waals surface area contributed by atoms with Crippen LogP contribution in [0.15, 0.2) is 24.3 Å². The van der Waals surface area contributed by atoms with Crippen molar-refractivity contribution < 1.29 is 13.5 Å². The standard InChI is InChI=1S/C15H22F2N2O/c1-2-9-19(11-7-8-11)13(10-18)12-5-3-4-6-14(12)20-15(16)17/h3-6,11,13,15H,2,7-10,18H2,1H3. The lowest BCUT2D eigenvalue weighted by atomic mass is 10.0. The molecule has 1 saturated carbocycles. The van der Waals surface area contributed by atoms with Gasteiger partial charge in [-0.2, -0.15) is 8.78 Å². The molecule has 112 valence electrons. The molecule has 1 unspecified atom stereocenters. The molecule has 1 aliphatic rings. The molecule has 2 rings (SSSR count). The van der Waals surface area contributed by atoms with Crippen molar-refractivity contribution in [2.45, 2.75) is 44.9 Å². The van der Waals surface area contributed by atoms with Gasteiger partial charge in [0.25, 0.3) is 0 Å². The summed E-state index contributed by atoms with van der Waals surface area (Å²) in [6.07, 6.45) is 3.34. The SMILES string of the molecule is CCCN(C1CC1)C(CN)c1ccccc1OC(F)F. The van der Waals surface area contributed by atoms with Crippen LogP contribution in [0, 0.1) is 0 Å². The van der Waals surface area contributed by atoms with Crippen molar-refractivity contribution in [3.05, 3.63) is 29.8 Å². The van der Waals surface area contributed by atoms with Gasteiger partial charge in [0, 0.05) is 18.2 Å². The largest absolute Gasteiger partial charge is 0.434 e. The van der Waals surface area contributed by atoms with Gasteiger partial charge in [0.1, 0.15) is 5.75 Å². The van der Waals surface area contributed by atoms with Crippen molar-refractivity contribution in [1.82, 2.24) is 4.90 Å². The molecule has 0 aliphatic heterocycles. The number of rotatable bonds is 8. The van der Waals surface area contributed by atoms with Gasteiger partial charge in [-0.25, -0.2) is 0 Å². The molecule has 1 atom stereocenters. The zero-order chi connectivity index (χ0) is 14.5. The molecule has 0 spiro atoms. The van der Waals surface area contributed by atoms with Crippen LogP contribution in [0.4, 0.5) is 8.78 Å². The molecule has 0 amide bonds. The summed E-state index contributed by atoms with van der Waals surface area (Å²) in [6, 6.07) is 7.44. The van der Waals surface area contributed by atoms with E-state index in [9.17, 15) is 8.78 Å². The van der Waals surface area contributed by atoms with E-state index in [1.54, 1.807) is 12.1 Å². The third-order valence-corrected chi connectivity index (χ3v) is 3.62. The summed E-state index contributed by atoms with van der Waals surface area (Å²) in [7, 11) is 0. The van der Waals surface area contributed by atoms with E-state index >= 15 is 0 Å². The Morgan fingerprint density at radius 2 is 2.05 bits per heavy atom. The number of benzene rings is 1. The second-order valence-electron chi connectivity index (χ2n) is 5.14. The van der Waals surface area contributed by atoms with Gasteiger partial charge < -0.3 is 10.5 Å². The Hall–Kier alpha value is -1.20. The molecule has 1 aromatic rings. The predicted molar refractivity (Wildman–Crippen MR) is 74.9 cm³/mol. The van der Waals surface area contributed by atoms with Crippen LogP contribution in [-0.2, 0) is 0 Å². The topological polar surface area (TPSA) is 38.5 Å². The van der Waals surface area contributed by atoms with E-state index in [1.165, 1.54) is 0 Å². The zero-order valence-corrected chi connectivity index (χ0v) is 11.8. The Balaban J connectivity index is 2.25. The number of halogens is 2. The molecule has 0 radical (unpaired) electrons. The zero-order valence-electron chi connectivity index (χ0n) is 11.8. The Bertz CT molecular complexity index is 424. The van der Waals surface area contributed by atoms with Crippen molar-refractivity contribution in [3.63, 3.8) is 0 Å². The summed E-state index contributed by atoms with van der Waals surface area (Å²) < 4.78 is 29.7. The normalized spacial score (nSPS) is 16.7.